The zero-order valence-electron chi connectivity index (χ0n) is 6.24. The van der Waals surface area contributed by atoms with Crippen LogP contribution in [0.4, 0.5) is 0 Å². The lowest BCUT2D eigenvalue weighted by Gasteiger charge is -2.18. The number of rotatable bonds is 2. The summed E-state index contributed by atoms with van der Waals surface area (Å²) in [6.45, 7) is -0.596. The van der Waals surface area contributed by atoms with Gasteiger partial charge in [-0.1, -0.05) is 0 Å². The monoisotopic (exact) mass is 180 g/mol. The Hall–Kier alpha value is -0.240. The van der Waals surface area contributed by atoms with Crippen LogP contribution in [0.25, 0.3) is 0 Å². The fourth-order valence-electron chi connectivity index (χ4n) is 1.11. The highest BCUT2D eigenvalue weighted by Crippen LogP contribution is 2.21. The van der Waals surface area contributed by atoms with E-state index in [-0.39, 0.29) is 0 Å². The average molecular weight is 180 g/mol. The maximum atomic E-state index is 9.12. The minimum absolute atomic E-state index is 0.596. The minimum Gasteiger partial charge on any atom is -0.394 e. The van der Waals surface area contributed by atoms with Gasteiger partial charge in [0.25, 0.3) is 0 Å². The van der Waals surface area contributed by atoms with Gasteiger partial charge in [0.15, 0.2) is 6.29 Å². The first kappa shape index (κ1) is 9.85. The number of aliphatic hydroxyl groups excluding tert-OH is 5. The van der Waals surface area contributed by atoms with Crippen molar-refractivity contribution >= 4 is 0 Å². The second kappa shape index (κ2) is 3.65. The number of hydrogen-bond acceptors (Lipinski definition) is 6. The molecule has 1 heterocycles. The third kappa shape index (κ3) is 1.58. The molecule has 1 rings (SSSR count). The molecule has 1 aliphatic rings. The van der Waals surface area contributed by atoms with Gasteiger partial charge in [-0.3, -0.25) is 0 Å². The summed E-state index contributed by atoms with van der Waals surface area (Å²) in [5.41, 5.74) is 0. The van der Waals surface area contributed by atoms with E-state index in [0.29, 0.717) is 0 Å². The van der Waals surface area contributed by atoms with Crippen LogP contribution in [-0.2, 0) is 4.74 Å². The van der Waals surface area contributed by atoms with Crippen molar-refractivity contribution in [1.82, 2.24) is 0 Å². The SMILES string of the molecule is OCC(O)[C@@H]1O[C@@H](O)[C@@H](O)[C@@H]1O. The first-order valence-electron chi connectivity index (χ1n) is 3.56. The lowest BCUT2D eigenvalue weighted by Crippen LogP contribution is -2.40. The number of aliphatic hydroxyl groups is 5. The van der Waals surface area contributed by atoms with Gasteiger partial charge in [-0.15, -0.1) is 0 Å². The molecule has 0 bridgehead atoms. The average Bonchev–Trinajstić information content (AvgIpc) is 2.32. The molecule has 1 fully saturated rings. The Labute approximate surface area is 68.6 Å². The Morgan fingerprint density at radius 1 is 1.17 bits per heavy atom. The zero-order valence-corrected chi connectivity index (χ0v) is 6.24. The molecular weight excluding hydrogens is 168 g/mol. The van der Waals surface area contributed by atoms with E-state index in [1.807, 2.05) is 0 Å². The van der Waals surface area contributed by atoms with E-state index < -0.39 is 37.3 Å². The third-order valence-corrected chi connectivity index (χ3v) is 1.84. The summed E-state index contributed by atoms with van der Waals surface area (Å²) in [6, 6.07) is 0. The molecule has 1 saturated heterocycles. The fourth-order valence-corrected chi connectivity index (χ4v) is 1.11. The topological polar surface area (TPSA) is 110 Å². The molecule has 0 amide bonds. The quantitative estimate of drug-likeness (QED) is 0.306. The van der Waals surface area contributed by atoms with Crippen molar-refractivity contribution in [2.24, 2.45) is 0 Å². The normalized spacial score (nSPS) is 44.8. The molecule has 72 valence electrons. The molecule has 5 N–H and O–H groups in total. The summed E-state index contributed by atoms with van der Waals surface area (Å²) in [6.07, 6.45) is -6.75. The van der Waals surface area contributed by atoms with Gasteiger partial charge in [0, 0.05) is 0 Å². The molecule has 0 spiro atoms. The molecule has 0 radical (unpaired) electrons. The Morgan fingerprint density at radius 2 is 1.75 bits per heavy atom. The predicted molar refractivity (Wildman–Crippen MR) is 36.0 cm³/mol. The van der Waals surface area contributed by atoms with E-state index in [0.717, 1.165) is 0 Å². The van der Waals surface area contributed by atoms with Crippen LogP contribution in [0.1, 0.15) is 0 Å². The van der Waals surface area contributed by atoms with Gasteiger partial charge in [-0.25, -0.2) is 0 Å². The van der Waals surface area contributed by atoms with Crippen LogP contribution in [-0.4, -0.2) is 62.8 Å². The van der Waals surface area contributed by atoms with Crippen molar-refractivity contribution in [2.45, 2.75) is 30.7 Å². The second-order valence-corrected chi connectivity index (χ2v) is 2.72. The summed E-state index contributed by atoms with van der Waals surface area (Å²) >= 11 is 0. The van der Waals surface area contributed by atoms with E-state index in [1.54, 1.807) is 0 Å². The molecule has 1 unspecified atom stereocenters. The van der Waals surface area contributed by atoms with Crippen LogP contribution in [0, 0.1) is 0 Å². The van der Waals surface area contributed by atoms with Crippen LogP contribution in [0.3, 0.4) is 0 Å². The standard InChI is InChI=1S/C6H12O6/c7-1-2(8)5-3(9)4(10)6(11)12-5/h2-11H,1H2/t2?,3-,4-,5-,6+/m0/s1. The van der Waals surface area contributed by atoms with Crippen LogP contribution >= 0.6 is 0 Å². The molecule has 6 nitrogen and oxygen atoms in total. The molecule has 12 heavy (non-hydrogen) atoms. The first-order valence-corrected chi connectivity index (χ1v) is 3.56. The summed E-state index contributed by atoms with van der Waals surface area (Å²) in [5, 5.41) is 44.4. The predicted octanol–water partition coefficient (Wildman–Crippen LogP) is -3.22. The Bertz CT molecular complexity index is 151. The molecule has 0 saturated carbocycles. The molecule has 5 atom stereocenters. The molecule has 0 aromatic heterocycles. The second-order valence-electron chi connectivity index (χ2n) is 2.72. The van der Waals surface area contributed by atoms with Crippen molar-refractivity contribution in [3.63, 3.8) is 0 Å². The van der Waals surface area contributed by atoms with Gasteiger partial charge < -0.3 is 30.3 Å². The summed E-state index contributed by atoms with van der Waals surface area (Å²) in [7, 11) is 0. The smallest absolute Gasteiger partial charge is 0.184 e. The van der Waals surface area contributed by atoms with Crippen LogP contribution in [0.2, 0.25) is 0 Å². The van der Waals surface area contributed by atoms with Gasteiger partial charge in [0.2, 0.25) is 0 Å². The zero-order chi connectivity index (χ0) is 9.30. The number of ether oxygens (including phenoxy) is 1. The van der Waals surface area contributed by atoms with Gasteiger partial charge in [-0.2, -0.15) is 0 Å². The summed E-state index contributed by atoms with van der Waals surface area (Å²) < 4.78 is 4.58. The maximum absolute atomic E-state index is 9.12. The van der Waals surface area contributed by atoms with Crippen molar-refractivity contribution in [2.75, 3.05) is 6.61 Å². The lowest BCUT2D eigenvalue weighted by atomic mass is 10.1. The van der Waals surface area contributed by atoms with E-state index in [9.17, 15) is 0 Å². The van der Waals surface area contributed by atoms with E-state index >= 15 is 0 Å². The molecule has 0 aromatic rings. The first-order chi connectivity index (χ1) is 5.57. The molecule has 0 aliphatic carbocycles. The highest BCUT2D eigenvalue weighted by Gasteiger charge is 2.44. The minimum atomic E-state index is -1.51. The van der Waals surface area contributed by atoms with Crippen LogP contribution in [0.5, 0.6) is 0 Å². The van der Waals surface area contributed by atoms with Gasteiger partial charge >= 0.3 is 0 Å². The fraction of sp³-hybridized carbons (Fsp3) is 1.00. The van der Waals surface area contributed by atoms with E-state index in [4.69, 9.17) is 25.5 Å². The van der Waals surface area contributed by atoms with Crippen LogP contribution < -0.4 is 0 Å². The summed E-state index contributed by atoms with van der Waals surface area (Å²) in [4.78, 5) is 0. The maximum Gasteiger partial charge on any atom is 0.184 e. The Morgan fingerprint density at radius 3 is 2.08 bits per heavy atom. The van der Waals surface area contributed by atoms with E-state index in [1.165, 1.54) is 0 Å². The Kier molecular flexibility index (Phi) is 2.99. The van der Waals surface area contributed by atoms with Crippen molar-refractivity contribution in [3.8, 4) is 0 Å². The van der Waals surface area contributed by atoms with Gasteiger partial charge in [0.1, 0.15) is 24.4 Å². The van der Waals surface area contributed by atoms with Crippen molar-refractivity contribution in [3.05, 3.63) is 0 Å². The van der Waals surface area contributed by atoms with Crippen molar-refractivity contribution < 1.29 is 30.3 Å². The number of hydrogen-bond donors (Lipinski definition) is 5. The van der Waals surface area contributed by atoms with Gasteiger partial charge in [0.05, 0.1) is 6.61 Å². The summed E-state index contributed by atoms with van der Waals surface area (Å²) in [5.74, 6) is 0. The third-order valence-electron chi connectivity index (χ3n) is 1.84. The van der Waals surface area contributed by atoms with Crippen molar-refractivity contribution in [1.29, 1.82) is 0 Å². The highest BCUT2D eigenvalue weighted by molar-refractivity contribution is 4.89. The van der Waals surface area contributed by atoms with Gasteiger partial charge in [-0.05, 0) is 0 Å². The lowest BCUT2D eigenvalue weighted by molar-refractivity contribution is -0.150. The van der Waals surface area contributed by atoms with Crippen LogP contribution in [0.15, 0.2) is 0 Å². The Balaban J connectivity index is 2.58. The molecule has 6 heteroatoms. The molecule has 0 aromatic carbocycles. The van der Waals surface area contributed by atoms with E-state index in [2.05, 4.69) is 4.74 Å². The molecular formula is C6H12O6. The highest BCUT2D eigenvalue weighted by atomic mass is 16.6. The molecule has 1 aliphatic heterocycles. The largest absolute Gasteiger partial charge is 0.394 e.